The first-order chi connectivity index (χ1) is 6.75. The van der Waals surface area contributed by atoms with Gasteiger partial charge in [-0.25, -0.2) is 14.6 Å². The van der Waals surface area contributed by atoms with Crippen molar-refractivity contribution in [2.24, 2.45) is 7.05 Å². The molecule has 0 aliphatic heterocycles. The highest BCUT2D eigenvalue weighted by molar-refractivity contribution is 14.1. The highest BCUT2D eigenvalue weighted by atomic mass is 127. The highest BCUT2D eigenvalue weighted by Gasteiger charge is 2.06. The smallest absolute Gasteiger partial charge is 0.216 e. The molecule has 0 saturated heterocycles. The lowest BCUT2D eigenvalue weighted by molar-refractivity contribution is 0.663. The van der Waals surface area contributed by atoms with E-state index in [1.54, 1.807) is 24.1 Å². The van der Waals surface area contributed by atoms with Gasteiger partial charge in [-0.15, -0.1) is 5.10 Å². The lowest BCUT2D eigenvalue weighted by atomic mass is 10.7. The van der Waals surface area contributed by atoms with Gasteiger partial charge in [0.1, 0.15) is 0 Å². The Bertz CT molecular complexity index is 426. The Labute approximate surface area is 97.7 Å². The van der Waals surface area contributed by atoms with Crippen LogP contribution in [0.2, 0.25) is 0 Å². The lowest BCUT2D eigenvalue weighted by Gasteiger charge is -1.96. The molecule has 2 aromatic rings. The van der Waals surface area contributed by atoms with E-state index in [-0.39, 0.29) is 0 Å². The number of aryl methyl sites for hydroxylation is 1. The zero-order valence-electron chi connectivity index (χ0n) is 7.12. The second kappa shape index (κ2) is 4.17. The zero-order chi connectivity index (χ0) is 9.97. The monoisotopic (exact) mass is 320 g/mol. The molecular formula is C6H5IN6S. The Kier molecular flexibility index (Phi) is 2.91. The Morgan fingerprint density at radius 3 is 2.64 bits per heavy atom. The molecule has 6 nitrogen and oxygen atoms in total. The molecule has 0 fully saturated rings. The van der Waals surface area contributed by atoms with E-state index >= 15 is 0 Å². The Morgan fingerprint density at radius 2 is 2.07 bits per heavy atom. The minimum Gasteiger partial charge on any atom is -0.230 e. The van der Waals surface area contributed by atoms with Crippen molar-refractivity contribution in [1.29, 1.82) is 0 Å². The molecule has 2 aromatic heterocycles. The van der Waals surface area contributed by atoms with Crippen LogP contribution in [-0.4, -0.2) is 30.2 Å². The van der Waals surface area contributed by atoms with Crippen molar-refractivity contribution >= 4 is 34.4 Å². The normalized spacial score (nSPS) is 10.4. The molecule has 0 N–H and O–H groups in total. The number of hydrogen-bond donors (Lipinski definition) is 0. The minimum absolute atomic E-state index is 0.642. The van der Waals surface area contributed by atoms with E-state index in [0.29, 0.717) is 10.3 Å². The summed E-state index contributed by atoms with van der Waals surface area (Å²) in [5.74, 6) is 0. The van der Waals surface area contributed by atoms with Gasteiger partial charge in [-0.2, -0.15) is 0 Å². The number of rotatable bonds is 2. The van der Waals surface area contributed by atoms with Crippen molar-refractivity contribution in [3.63, 3.8) is 0 Å². The van der Waals surface area contributed by atoms with Crippen molar-refractivity contribution in [2.45, 2.75) is 10.3 Å². The van der Waals surface area contributed by atoms with E-state index in [1.165, 1.54) is 11.8 Å². The molecule has 0 bridgehead atoms. The van der Waals surface area contributed by atoms with Gasteiger partial charge in [0.25, 0.3) is 0 Å². The van der Waals surface area contributed by atoms with E-state index in [9.17, 15) is 0 Å². The standard InChI is InChI=1S/C6H5IN6S/c1-13-6(10-11-12-13)14-5-8-2-4(7)3-9-5/h2-3H,1H3. The number of tetrazole rings is 1. The van der Waals surface area contributed by atoms with Gasteiger partial charge in [0.2, 0.25) is 5.16 Å². The van der Waals surface area contributed by atoms with Gasteiger partial charge in [-0.1, -0.05) is 0 Å². The zero-order valence-corrected chi connectivity index (χ0v) is 10.1. The van der Waals surface area contributed by atoms with E-state index < -0.39 is 0 Å². The number of nitrogens with zero attached hydrogens (tertiary/aromatic N) is 6. The molecule has 2 rings (SSSR count). The van der Waals surface area contributed by atoms with Crippen LogP contribution in [0.15, 0.2) is 22.7 Å². The predicted molar refractivity (Wildman–Crippen MR) is 57.7 cm³/mol. The Balaban J connectivity index is 2.19. The summed E-state index contributed by atoms with van der Waals surface area (Å²) < 4.78 is 2.58. The third kappa shape index (κ3) is 2.18. The van der Waals surface area contributed by atoms with Crippen LogP contribution < -0.4 is 0 Å². The Morgan fingerprint density at radius 1 is 1.36 bits per heavy atom. The predicted octanol–water partition coefficient (Wildman–Crippen LogP) is 0.756. The van der Waals surface area contributed by atoms with E-state index in [2.05, 4.69) is 48.1 Å². The molecule has 0 spiro atoms. The summed E-state index contributed by atoms with van der Waals surface area (Å²) in [6.07, 6.45) is 3.50. The third-order valence-electron chi connectivity index (χ3n) is 1.36. The molecule has 0 amide bonds. The van der Waals surface area contributed by atoms with Gasteiger partial charge < -0.3 is 0 Å². The van der Waals surface area contributed by atoms with Gasteiger partial charge in [0.15, 0.2) is 5.16 Å². The minimum atomic E-state index is 0.642. The molecule has 0 aliphatic carbocycles. The largest absolute Gasteiger partial charge is 0.230 e. The molecule has 0 aliphatic rings. The molecule has 0 unspecified atom stereocenters. The first-order valence-corrected chi connectivity index (χ1v) is 5.53. The van der Waals surface area contributed by atoms with Crippen molar-refractivity contribution in [3.05, 3.63) is 16.0 Å². The summed E-state index contributed by atoms with van der Waals surface area (Å²) >= 11 is 3.48. The van der Waals surface area contributed by atoms with Gasteiger partial charge >= 0.3 is 0 Å². The highest BCUT2D eigenvalue weighted by Crippen LogP contribution is 2.20. The summed E-state index contributed by atoms with van der Waals surface area (Å²) in [4.78, 5) is 8.26. The lowest BCUT2D eigenvalue weighted by Crippen LogP contribution is -1.94. The van der Waals surface area contributed by atoms with Crippen molar-refractivity contribution in [1.82, 2.24) is 30.2 Å². The van der Waals surface area contributed by atoms with Crippen LogP contribution in [-0.2, 0) is 7.05 Å². The van der Waals surface area contributed by atoms with Crippen molar-refractivity contribution in [2.75, 3.05) is 0 Å². The fourth-order valence-electron chi connectivity index (χ4n) is 0.742. The molecule has 0 saturated carbocycles. The molecule has 14 heavy (non-hydrogen) atoms. The first-order valence-electron chi connectivity index (χ1n) is 3.63. The SMILES string of the molecule is Cn1nnnc1Sc1ncc(I)cn1. The van der Waals surface area contributed by atoms with Crippen LogP contribution in [0, 0.1) is 3.57 Å². The van der Waals surface area contributed by atoms with Crippen molar-refractivity contribution in [3.8, 4) is 0 Å². The first kappa shape index (κ1) is 9.77. The average molecular weight is 320 g/mol. The van der Waals surface area contributed by atoms with Gasteiger partial charge in [0.05, 0.1) is 0 Å². The molecule has 2 heterocycles. The maximum Gasteiger partial charge on any atom is 0.216 e. The second-order valence-electron chi connectivity index (χ2n) is 2.37. The van der Waals surface area contributed by atoms with Gasteiger partial charge in [0, 0.05) is 23.0 Å². The fourth-order valence-corrected chi connectivity index (χ4v) is 1.64. The van der Waals surface area contributed by atoms with Gasteiger partial charge in [-0.3, -0.25) is 0 Å². The third-order valence-corrected chi connectivity index (χ3v) is 2.84. The number of hydrogen-bond acceptors (Lipinski definition) is 6. The molecule has 72 valence electrons. The van der Waals surface area contributed by atoms with Crippen molar-refractivity contribution < 1.29 is 0 Å². The molecular weight excluding hydrogens is 315 g/mol. The van der Waals surface area contributed by atoms with Crippen LogP contribution in [0.5, 0.6) is 0 Å². The Hall–Kier alpha value is -0.770. The summed E-state index contributed by atoms with van der Waals surface area (Å²) in [5, 5.41) is 12.4. The fraction of sp³-hybridized carbons (Fsp3) is 0.167. The maximum absolute atomic E-state index is 4.13. The van der Waals surface area contributed by atoms with Crippen LogP contribution in [0.4, 0.5) is 0 Å². The van der Waals surface area contributed by atoms with Crippen LogP contribution >= 0.6 is 34.4 Å². The topological polar surface area (TPSA) is 69.4 Å². The number of aromatic nitrogens is 6. The summed E-state index contributed by atoms with van der Waals surface area (Å²) in [7, 11) is 1.77. The molecule has 0 radical (unpaired) electrons. The van der Waals surface area contributed by atoms with Gasteiger partial charge in [-0.05, 0) is 44.8 Å². The van der Waals surface area contributed by atoms with E-state index in [4.69, 9.17) is 0 Å². The van der Waals surface area contributed by atoms with Crippen LogP contribution in [0.3, 0.4) is 0 Å². The maximum atomic E-state index is 4.13. The van der Waals surface area contributed by atoms with Crippen LogP contribution in [0.25, 0.3) is 0 Å². The molecule has 0 atom stereocenters. The molecule has 8 heteroatoms. The van der Waals surface area contributed by atoms with E-state index in [0.717, 1.165) is 3.57 Å². The van der Waals surface area contributed by atoms with Crippen LogP contribution in [0.1, 0.15) is 0 Å². The number of halogens is 1. The average Bonchev–Trinajstić information content (AvgIpc) is 2.56. The quantitative estimate of drug-likeness (QED) is 0.601. The summed E-state index contributed by atoms with van der Waals surface area (Å²) in [6.45, 7) is 0. The second-order valence-corrected chi connectivity index (χ2v) is 4.55. The summed E-state index contributed by atoms with van der Waals surface area (Å²) in [5.41, 5.74) is 0. The van der Waals surface area contributed by atoms with E-state index in [1.807, 2.05) is 0 Å². The molecule has 0 aromatic carbocycles. The summed E-state index contributed by atoms with van der Waals surface area (Å²) in [6, 6.07) is 0.